The van der Waals surface area contributed by atoms with Crippen molar-refractivity contribution in [2.75, 3.05) is 13.1 Å². The number of likely N-dealkylation sites (tertiary alicyclic amines) is 1. The van der Waals surface area contributed by atoms with Crippen LogP contribution in [0.15, 0.2) is 0 Å². The maximum Gasteiger partial charge on any atom is 0.313 e. The van der Waals surface area contributed by atoms with Crippen LogP contribution in [0.5, 0.6) is 0 Å². The molecule has 1 saturated carbocycles. The second-order valence-electron chi connectivity index (χ2n) is 7.03. The van der Waals surface area contributed by atoms with Crippen molar-refractivity contribution in [2.45, 2.75) is 58.5 Å². The Morgan fingerprint density at radius 1 is 1.11 bits per heavy atom. The lowest BCUT2D eigenvalue weighted by molar-refractivity contribution is -0.174. The summed E-state index contributed by atoms with van der Waals surface area (Å²) in [6.45, 7) is 7.61. The number of hydrogen-bond donors (Lipinski definition) is 0. The highest BCUT2D eigenvalue weighted by molar-refractivity contribution is 5.96. The first-order valence-corrected chi connectivity index (χ1v) is 7.38. The molecule has 2 saturated heterocycles. The van der Waals surface area contributed by atoms with Gasteiger partial charge in [0.1, 0.15) is 0 Å². The zero-order valence-electron chi connectivity index (χ0n) is 12.1. The Morgan fingerprint density at radius 3 is 2.21 bits per heavy atom. The topological polar surface area (TPSA) is 46.6 Å². The zero-order valence-corrected chi connectivity index (χ0v) is 12.1. The van der Waals surface area contributed by atoms with Crippen LogP contribution in [-0.4, -0.2) is 35.5 Å². The van der Waals surface area contributed by atoms with Crippen LogP contribution in [0.3, 0.4) is 0 Å². The zero-order chi connectivity index (χ0) is 13.9. The number of ether oxygens (including phenoxy) is 1. The Labute approximate surface area is 114 Å². The number of amides is 1. The lowest BCUT2D eigenvalue weighted by atomic mass is 9.66. The van der Waals surface area contributed by atoms with Crippen LogP contribution >= 0.6 is 0 Å². The Balaban J connectivity index is 1.95. The first-order valence-electron chi connectivity index (χ1n) is 7.38. The van der Waals surface area contributed by atoms with Crippen LogP contribution in [0.2, 0.25) is 0 Å². The van der Waals surface area contributed by atoms with Crippen LogP contribution in [0.25, 0.3) is 0 Å². The summed E-state index contributed by atoms with van der Waals surface area (Å²) in [7, 11) is 0. The van der Waals surface area contributed by atoms with Crippen molar-refractivity contribution < 1.29 is 14.3 Å². The standard InChI is InChI=1S/C15H23NO3/c1-13(2)14(3)7-8-15(13,19-12(14)18)11(17)16-9-5-4-6-10-16/h4-10H2,1-3H3/t14-,15-/m0/s1. The molecule has 2 aliphatic heterocycles. The third-order valence-corrected chi connectivity index (χ3v) is 6.07. The second kappa shape index (κ2) is 3.74. The number of carbonyl (C=O) groups is 2. The monoisotopic (exact) mass is 265 g/mol. The summed E-state index contributed by atoms with van der Waals surface area (Å²) in [5.74, 6) is -0.138. The fraction of sp³-hybridized carbons (Fsp3) is 0.867. The number of rotatable bonds is 1. The summed E-state index contributed by atoms with van der Waals surface area (Å²) in [6.07, 6.45) is 4.76. The van der Waals surface area contributed by atoms with E-state index in [1.165, 1.54) is 6.42 Å². The van der Waals surface area contributed by atoms with E-state index in [2.05, 4.69) is 0 Å². The summed E-state index contributed by atoms with van der Waals surface area (Å²) < 4.78 is 5.65. The van der Waals surface area contributed by atoms with Gasteiger partial charge in [-0.2, -0.15) is 0 Å². The van der Waals surface area contributed by atoms with Gasteiger partial charge in [-0.3, -0.25) is 9.59 Å². The fourth-order valence-corrected chi connectivity index (χ4v) is 4.07. The highest BCUT2D eigenvalue weighted by Crippen LogP contribution is 2.66. The summed E-state index contributed by atoms with van der Waals surface area (Å²) in [5, 5.41) is 0. The molecule has 1 amide bonds. The van der Waals surface area contributed by atoms with Gasteiger partial charge in [-0.1, -0.05) is 13.8 Å². The van der Waals surface area contributed by atoms with Crippen LogP contribution in [0.4, 0.5) is 0 Å². The SMILES string of the molecule is CC1(C)[C@@]2(C)CC[C@@]1(C(=O)N1CCCCC1)OC2=O. The third kappa shape index (κ3) is 1.35. The van der Waals surface area contributed by atoms with Crippen molar-refractivity contribution in [1.82, 2.24) is 4.90 Å². The van der Waals surface area contributed by atoms with Crippen molar-refractivity contribution >= 4 is 11.9 Å². The molecule has 19 heavy (non-hydrogen) atoms. The predicted octanol–water partition coefficient (Wildman–Crippen LogP) is 2.12. The molecule has 0 aromatic heterocycles. The molecule has 4 heteroatoms. The number of hydrogen-bond acceptors (Lipinski definition) is 3. The summed E-state index contributed by atoms with van der Waals surface area (Å²) in [6, 6.07) is 0. The van der Waals surface area contributed by atoms with Crippen molar-refractivity contribution in [2.24, 2.45) is 10.8 Å². The van der Waals surface area contributed by atoms with Crippen molar-refractivity contribution in [3.05, 3.63) is 0 Å². The Kier molecular flexibility index (Phi) is 2.55. The lowest BCUT2D eigenvalue weighted by Crippen LogP contribution is -2.55. The summed E-state index contributed by atoms with van der Waals surface area (Å²) in [4.78, 5) is 27.0. The Hall–Kier alpha value is -1.06. The molecule has 2 bridgehead atoms. The molecule has 1 aliphatic carbocycles. The molecule has 3 fully saturated rings. The van der Waals surface area contributed by atoms with E-state index in [1.807, 2.05) is 25.7 Å². The molecule has 4 nitrogen and oxygen atoms in total. The predicted molar refractivity (Wildman–Crippen MR) is 70.4 cm³/mol. The first kappa shape index (κ1) is 12.9. The van der Waals surface area contributed by atoms with Gasteiger partial charge in [0.05, 0.1) is 5.41 Å². The Morgan fingerprint density at radius 2 is 1.74 bits per heavy atom. The van der Waals surface area contributed by atoms with Crippen LogP contribution < -0.4 is 0 Å². The van der Waals surface area contributed by atoms with Gasteiger partial charge >= 0.3 is 5.97 Å². The third-order valence-electron chi connectivity index (χ3n) is 6.07. The average Bonchev–Trinajstić information content (AvgIpc) is 2.69. The van der Waals surface area contributed by atoms with Crippen molar-refractivity contribution in [3.63, 3.8) is 0 Å². The van der Waals surface area contributed by atoms with Crippen molar-refractivity contribution in [1.29, 1.82) is 0 Å². The summed E-state index contributed by atoms with van der Waals surface area (Å²) in [5.41, 5.74) is -1.82. The van der Waals surface area contributed by atoms with Gasteiger partial charge in [-0.25, -0.2) is 0 Å². The van der Waals surface area contributed by atoms with Gasteiger partial charge in [0, 0.05) is 18.5 Å². The molecule has 0 unspecified atom stereocenters. The maximum atomic E-state index is 12.9. The smallest absolute Gasteiger partial charge is 0.313 e. The highest BCUT2D eigenvalue weighted by atomic mass is 16.6. The minimum absolute atomic E-state index is 0.0479. The minimum atomic E-state index is -0.907. The molecule has 0 aromatic carbocycles. The highest BCUT2D eigenvalue weighted by Gasteiger charge is 2.76. The molecule has 0 aromatic rings. The van der Waals surface area contributed by atoms with E-state index >= 15 is 0 Å². The molecule has 2 atom stereocenters. The molecular weight excluding hydrogens is 242 g/mol. The van der Waals surface area contributed by atoms with E-state index in [0.29, 0.717) is 6.42 Å². The molecule has 0 radical (unpaired) electrons. The van der Waals surface area contributed by atoms with E-state index in [9.17, 15) is 9.59 Å². The molecule has 3 aliphatic rings. The molecule has 0 N–H and O–H groups in total. The van der Waals surface area contributed by atoms with Gasteiger partial charge in [0.2, 0.25) is 0 Å². The quantitative estimate of drug-likeness (QED) is 0.682. The van der Waals surface area contributed by atoms with Crippen LogP contribution in [0, 0.1) is 10.8 Å². The van der Waals surface area contributed by atoms with E-state index in [0.717, 1.165) is 32.4 Å². The lowest BCUT2D eigenvalue weighted by Gasteiger charge is -2.40. The molecule has 0 spiro atoms. The molecular formula is C15H23NO3. The fourth-order valence-electron chi connectivity index (χ4n) is 4.07. The number of fused-ring (bicyclic) bond motifs is 2. The van der Waals surface area contributed by atoms with E-state index in [4.69, 9.17) is 4.74 Å². The number of nitrogens with zero attached hydrogens (tertiary/aromatic N) is 1. The van der Waals surface area contributed by atoms with Crippen molar-refractivity contribution in [3.8, 4) is 0 Å². The summed E-state index contributed by atoms with van der Waals surface area (Å²) >= 11 is 0. The largest absolute Gasteiger partial charge is 0.448 e. The van der Waals surface area contributed by atoms with Gasteiger partial charge < -0.3 is 9.64 Å². The normalized spacial score (nSPS) is 40.4. The van der Waals surface area contributed by atoms with E-state index in [1.54, 1.807) is 0 Å². The Bertz CT molecular complexity index is 439. The first-order chi connectivity index (χ1) is 8.85. The maximum absolute atomic E-state index is 12.9. The number of piperidine rings is 1. The average molecular weight is 265 g/mol. The van der Waals surface area contributed by atoms with Gasteiger partial charge in [0.25, 0.3) is 5.91 Å². The van der Waals surface area contributed by atoms with E-state index < -0.39 is 16.4 Å². The van der Waals surface area contributed by atoms with E-state index in [-0.39, 0.29) is 11.9 Å². The van der Waals surface area contributed by atoms with Gasteiger partial charge in [-0.15, -0.1) is 0 Å². The number of esters is 1. The molecule has 3 rings (SSSR count). The number of carbonyl (C=O) groups excluding carboxylic acids is 2. The minimum Gasteiger partial charge on any atom is -0.448 e. The second-order valence-corrected chi connectivity index (χ2v) is 7.03. The van der Waals surface area contributed by atoms with Crippen LogP contribution in [-0.2, 0) is 14.3 Å². The molecule has 106 valence electrons. The van der Waals surface area contributed by atoms with Gasteiger partial charge in [0.15, 0.2) is 5.60 Å². The molecule has 2 heterocycles. The van der Waals surface area contributed by atoms with Gasteiger partial charge in [-0.05, 0) is 39.0 Å². The van der Waals surface area contributed by atoms with Crippen LogP contribution in [0.1, 0.15) is 52.9 Å².